The molecule has 4 N–H and O–H groups in total. The number of phenols is 1. The fourth-order valence-corrected chi connectivity index (χ4v) is 2.47. The number of amides is 1. The minimum absolute atomic E-state index is 0.0787. The van der Waals surface area contributed by atoms with Gasteiger partial charge < -0.3 is 15.2 Å². The SMILES string of the molecule is COc1ccc(O)c(/C=N/Nc2nc(SCC(=O)NC(C)(C)C)n[nH]2)c1. The van der Waals surface area contributed by atoms with E-state index in [-0.39, 0.29) is 22.9 Å². The van der Waals surface area contributed by atoms with Crippen LogP contribution in [-0.4, -0.2) is 50.8 Å². The number of carbonyl (C=O) groups is 1. The van der Waals surface area contributed by atoms with Gasteiger partial charge in [-0.25, -0.2) is 10.5 Å². The number of hydrogen-bond acceptors (Lipinski definition) is 8. The summed E-state index contributed by atoms with van der Waals surface area (Å²) in [6.45, 7) is 5.76. The van der Waals surface area contributed by atoms with Crippen molar-refractivity contribution in [3.8, 4) is 11.5 Å². The number of ether oxygens (including phenoxy) is 1. The number of thioether (sulfide) groups is 1. The summed E-state index contributed by atoms with van der Waals surface area (Å²) in [5.74, 6) is 1.14. The number of anilines is 1. The third-order valence-corrected chi connectivity index (χ3v) is 3.77. The normalized spacial score (nSPS) is 11.5. The van der Waals surface area contributed by atoms with E-state index in [1.165, 1.54) is 24.0 Å². The summed E-state index contributed by atoms with van der Waals surface area (Å²) in [5.41, 5.74) is 2.90. The lowest BCUT2D eigenvalue weighted by Gasteiger charge is -2.19. The van der Waals surface area contributed by atoms with Crippen molar-refractivity contribution >= 4 is 29.8 Å². The van der Waals surface area contributed by atoms with Gasteiger partial charge in [-0.2, -0.15) is 10.1 Å². The Labute approximate surface area is 155 Å². The molecule has 2 aromatic rings. The van der Waals surface area contributed by atoms with Crippen LogP contribution in [0.5, 0.6) is 11.5 Å². The van der Waals surface area contributed by atoms with Crippen molar-refractivity contribution in [1.29, 1.82) is 0 Å². The standard InChI is InChI=1S/C16H22N6O3S/c1-16(2,3)19-13(24)9-26-15-18-14(21-22-15)20-17-8-10-7-11(25-4)5-6-12(10)23/h5-8,23H,9H2,1-4H3,(H,19,24)(H2,18,20,21,22)/b17-8+. The number of nitrogens with one attached hydrogen (secondary N) is 3. The second-order valence-electron chi connectivity index (χ2n) is 6.35. The molecule has 1 heterocycles. The smallest absolute Gasteiger partial charge is 0.240 e. The van der Waals surface area contributed by atoms with Gasteiger partial charge >= 0.3 is 0 Å². The third-order valence-electron chi connectivity index (χ3n) is 2.92. The van der Waals surface area contributed by atoms with E-state index >= 15 is 0 Å². The molecule has 0 unspecified atom stereocenters. The first-order valence-corrected chi connectivity index (χ1v) is 8.77. The number of aromatic amines is 1. The van der Waals surface area contributed by atoms with E-state index in [0.717, 1.165) is 0 Å². The van der Waals surface area contributed by atoms with Crippen LogP contribution in [0.15, 0.2) is 28.5 Å². The maximum atomic E-state index is 11.8. The fourth-order valence-electron chi connectivity index (χ4n) is 1.87. The van der Waals surface area contributed by atoms with Crippen LogP contribution in [0.2, 0.25) is 0 Å². The number of hydrogen-bond donors (Lipinski definition) is 4. The van der Waals surface area contributed by atoms with Crippen molar-refractivity contribution in [3.05, 3.63) is 23.8 Å². The largest absolute Gasteiger partial charge is 0.507 e. The average Bonchev–Trinajstić information content (AvgIpc) is 3.01. The molecule has 2 rings (SSSR count). The average molecular weight is 378 g/mol. The Morgan fingerprint density at radius 3 is 2.92 bits per heavy atom. The number of phenolic OH excluding ortho intramolecular Hbond substituents is 1. The van der Waals surface area contributed by atoms with Gasteiger partial charge in [-0.1, -0.05) is 11.8 Å². The van der Waals surface area contributed by atoms with Crippen LogP contribution in [-0.2, 0) is 4.79 Å². The molecule has 0 saturated heterocycles. The summed E-state index contributed by atoms with van der Waals surface area (Å²) in [6, 6.07) is 4.82. The van der Waals surface area contributed by atoms with Crippen molar-refractivity contribution in [2.75, 3.05) is 18.3 Å². The first-order valence-electron chi connectivity index (χ1n) is 7.79. The molecular weight excluding hydrogens is 356 g/mol. The Bertz CT molecular complexity index is 785. The summed E-state index contributed by atoms with van der Waals surface area (Å²) in [4.78, 5) is 16.0. The lowest BCUT2D eigenvalue weighted by atomic mass is 10.1. The van der Waals surface area contributed by atoms with E-state index in [1.54, 1.807) is 19.2 Å². The Balaban J connectivity index is 1.87. The summed E-state index contributed by atoms with van der Waals surface area (Å²) in [6.07, 6.45) is 1.43. The number of H-pyrrole nitrogens is 1. The Hall–Kier alpha value is -2.75. The predicted octanol–water partition coefficient (Wildman–Crippen LogP) is 1.97. The molecule has 0 aliphatic carbocycles. The van der Waals surface area contributed by atoms with Gasteiger partial charge in [0.1, 0.15) is 11.5 Å². The van der Waals surface area contributed by atoms with Gasteiger partial charge in [0.2, 0.25) is 17.0 Å². The molecule has 0 aliphatic heterocycles. The van der Waals surface area contributed by atoms with Crippen LogP contribution < -0.4 is 15.5 Å². The fraction of sp³-hybridized carbons (Fsp3) is 0.375. The van der Waals surface area contributed by atoms with Crippen molar-refractivity contribution in [2.45, 2.75) is 31.5 Å². The number of nitrogens with zero attached hydrogens (tertiary/aromatic N) is 3. The lowest BCUT2D eigenvalue weighted by molar-refractivity contribution is -0.119. The Kier molecular flexibility index (Phi) is 6.45. The highest BCUT2D eigenvalue weighted by molar-refractivity contribution is 7.99. The number of aromatic hydroxyl groups is 1. The summed E-state index contributed by atoms with van der Waals surface area (Å²) in [7, 11) is 1.54. The van der Waals surface area contributed by atoms with Gasteiger partial charge in [-0.05, 0) is 39.0 Å². The summed E-state index contributed by atoms with van der Waals surface area (Å²) in [5, 5.41) is 23.7. The number of benzene rings is 1. The van der Waals surface area contributed by atoms with Crippen LogP contribution >= 0.6 is 11.8 Å². The number of aromatic nitrogens is 3. The zero-order valence-electron chi connectivity index (χ0n) is 15.0. The second-order valence-corrected chi connectivity index (χ2v) is 7.29. The lowest BCUT2D eigenvalue weighted by Crippen LogP contribution is -2.41. The summed E-state index contributed by atoms with van der Waals surface area (Å²) < 4.78 is 5.10. The highest BCUT2D eigenvalue weighted by Crippen LogP contribution is 2.21. The van der Waals surface area contributed by atoms with E-state index < -0.39 is 0 Å². The molecule has 0 aliphatic rings. The minimum atomic E-state index is -0.274. The molecule has 1 aromatic carbocycles. The van der Waals surface area contributed by atoms with Crippen molar-refractivity contribution in [2.24, 2.45) is 5.10 Å². The van der Waals surface area contributed by atoms with Gasteiger partial charge in [0.25, 0.3) is 0 Å². The molecule has 0 bridgehead atoms. The molecule has 0 atom stereocenters. The molecular formula is C16H22N6O3S. The van der Waals surface area contributed by atoms with Crippen LogP contribution in [0.25, 0.3) is 0 Å². The van der Waals surface area contributed by atoms with Crippen molar-refractivity contribution in [3.63, 3.8) is 0 Å². The maximum Gasteiger partial charge on any atom is 0.240 e. The van der Waals surface area contributed by atoms with E-state index in [9.17, 15) is 9.90 Å². The van der Waals surface area contributed by atoms with Crippen LogP contribution in [0, 0.1) is 0 Å². The van der Waals surface area contributed by atoms with Crippen LogP contribution in [0.3, 0.4) is 0 Å². The van der Waals surface area contributed by atoms with Gasteiger partial charge in [0.05, 0.1) is 19.1 Å². The number of methoxy groups -OCH3 is 1. The second kappa shape index (κ2) is 8.56. The van der Waals surface area contributed by atoms with Gasteiger partial charge in [-0.15, -0.1) is 5.10 Å². The Morgan fingerprint density at radius 1 is 1.46 bits per heavy atom. The highest BCUT2D eigenvalue weighted by atomic mass is 32.2. The van der Waals surface area contributed by atoms with Crippen LogP contribution in [0.1, 0.15) is 26.3 Å². The quantitative estimate of drug-likeness (QED) is 0.330. The van der Waals surface area contributed by atoms with Crippen LogP contribution in [0.4, 0.5) is 5.95 Å². The zero-order valence-corrected chi connectivity index (χ0v) is 15.8. The molecule has 9 nitrogen and oxygen atoms in total. The third kappa shape index (κ3) is 6.28. The van der Waals surface area contributed by atoms with E-state index in [1.807, 2.05) is 20.8 Å². The van der Waals surface area contributed by atoms with Crippen molar-refractivity contribution in [1.82, 2.24) is 20.5 Å². The Morgan fingerprint density at radius 2 is 2.23 bits per heavy atom. The van der Waals surface area contributed by atoms with Gasteiger partial charge in [-0.3, -0.25) is 4.79 Å². The molecule has 26 heavy (non-hydrogen) atoms. The van der Waals surface area contributed by atoms with Gasteiger partial charge in [0.15, 0.2) is 0 Å². The molecule has 0 radical (unpaired) electrons. The highest BCUT2D eigenvalue weighted by Gasteiger charge is 2.14. The van der Waals surface area contributed by atoms with E-state index in [2.05, 4.69) is 31.0 Å². The molecule has 0 fully saturated rings. The molecule has 1 aromatic heterocycles. The zero-order chi connectivity index (χ0) is 19.2. The molecule has 1 amide bonds. The number of carbonyl (C=O) groups excluding carboxylic acids is 1. The molecule has 0 saturated carbocycles. The van der Waals surface area contributed by atoms with Crippen molar-refractivity contribution < 1.29 is 14.6 Å². The molecule has 10 heteroatoms. The van der Waals surface area contributed by atoms with E-state index in [0.29, 0.717) is 22.4 Å². The van der Waals surface area contributed by atoms with Gasteiger partial charge in [0, 0.05) is 11.1 Å². The number of hydrazone groups is 1. The monoisotopic (exact) mass is 378 g/mol. The summed E-state index contributed by atoms with van der Waals surface area (Å²) >= 11 is 1.21. The predicted molar refractivity (Wildman–Crippen MR) is 101 cm³/mol. The van der Waals surface area contributed by atoms with E-state index in [4.69, 9.17) is 4.74 Å². The molecule has 0 spiro atoms. The topological polar surface area (TPSA) is 125 Å². The first kappa shape index (κ1) is 19.6. The minimum Gasteiger partial charge on any atom is -0.507 e. The first-order chi connectivity index (χ1) is 12.3. The number of rotatable bonds is 7. The maximum absolute atomic E-state index is 11.8. The molecule has 140 valence electrons.